The molecule has 2 N–H and O–H groups in total. The van der Waals surface area contributed by atoms with Crippen molar-refractivity contribution >= 4 is 17.5 Å². The van der Waals surface area contributed by atoms with Crippen LogP contribution in [0.25, 0.3) is 0 Å². The van der Waals surface area contributed by atoms with Crippen LogP contribution in [0.2, 0.25) is 5.02 Å². The highest BCUT2D eigenvalue weighted by Gasteiger charge is 2.22. The lowest BCUT2D eigenvalue weighted by molar-refractivity contribution is -0.123. The molecular weight excluding hydrogens is 264 g/mol. The minimum Gasteiger partial charge on any atom is -0.375 e. The third-order valence-corrected chi connectivity index (χ3v) is 3.62. The summed E-state index contributed by atoms with van der Waals surface area (Å²) >= 11 is 5.85. The van der Waals surface area contributed by atoms with Crippen LogP contribution in [0.4, 0.5) is 0 Å². The Morgan fingerprint density at radius 2 is 2.26 bits per heavy atom. The van der Waals surface area contributed by atoms with E-state index in [-0.39, 0.29) is 18.1 Å². The molecule has 2 rings (SSSR count). The van der Waals surface area contributed by atoms with E-state index in [0.717, 1.165) is 24.9 Å². The Bertz CT molecular complexity index is 416. The molecule has 2 atom stereocenters. The van der Waals surface area contributed by atoms with E-state index in [4.69, 9.17) is 16.3 Å². The average molecular weight is 283 g/mol. The van der Waals surface area contributed by atoms with E-state index >= 15 is 0 Å². The average Bonchev–Trinajstić information content (AvgIpc) is 2.95. The minimum absolute atomic E-state index is 0.0495. The maximum Gasteiger partial charge on any atom is 0.237 e. The minimum atomic E-state index is -0.150. The monoisotopic (exact) mass is 282 g/mol. The van der Waals surface area contributed by atoms with Crippen molar-refractivity contribution in [1.82, 2.24) is 10.6 Å². The number of methoxy groups -OCH3 is 1. The number of carbonyl (C=O) groups is 1. The molecule has 19 heavy (non-hydrogen) atoms. The molecule has 1 aliphatic heterocycles. The van der Waals surface area contributed by atoms with E-state index in [9.17, 15) is 4.79 Å². The van der Waals surface area contributed by atoms with Gasteiger partial charge in [-0.1, -0.05) is 23.7 Å². The number of amides is 1. The highest BCUT2D eigenvalue weighted by Crippen LogP contribution is 2.18. The Hall–Kier alpha value is -1.10. The van der Waals surface area contributed by atoms with Crippen molar-refractivity contribution < 1.29 is 9.53 Å². The molecule has 1 heterocycles. The molecule has 0 aromatic heterocycles. The van der Waals surface area contributed by atoms with E-state index in [1.165, 1.54) is 0 Å². The van der Waals surface area contributed by atoms with Crippen LogP contribution in [0, 0.1) is 0 Å². The molecular formula is C14H19ClN2O2. The predicted molar refractivity (Wildman–Crippen MR) is 75.2 cm³/mol. The second-order valence-electron chi connectivity index (χ2n) is 4.67. The van der Waals surface area contributed by atoms with Crippen LogP contribution in [-0.4, -0.2) is 32.1 Å². The number of benzene rings is 1. The van der Waals surface area contributed by atoms with E-state index in [1.807, 2.05) is 24.3 Å². The summed E-state index contributed by atoms with van der Waals surface area (Å²) in [5.74, 6) is 0.0495. The second-order valence-corrected chi connectivity index (χ2v) is 5.11. The van der Waals surface area contributed by atoms with Crippen LogP contribution in [0.3, 0.4) is 0 Å². The molecule has 1 aliphatic rings. The molecule has 1 amide bonds. The van der Waals surface area contributed by atoms with Crippen LogP contribution in [-0.2, 0) is 9.53 Å². The molecule has 1 aromatic rings. The van der Waals surface area contributed by atoms with Crippen LogP contribution in [0.15, 0.2) is 24.3 Å². The highest BCUT2D eigenvalue weighted by molar-refractivity contribution is 6.30. The molecule has 4 nitrogen and oxygen atoms in total. The Balaban J connectivity index is 1.88. The van der Waals surface area contributed by atoms with Gasteiger partial charge in [0, 0.05) is 18.7 Å². The molecule has 0 bridgehead atoms. The first-order chi connectivity index (χ1) is 9.20. The fraction of sp³-hybridized carbons (Fsp3) is 0.500. The summed E-state index contributed by atoms with van der Waals surface area (Å²) in [7, 11) is 1.64. The third kappa shape index (κ3) is 3.93. The second kappa shape index (κ2) is 6.89. The zero-order chi connectivity index (χ0) is 13.7. The number of ether oxygens (including phenoxy) is 1. The first-order valence-electron chi connectivity index (χ1n) is 6.50. The standard InChI is InChI=1S/C14H19ClN2O2/c1-19-13(10-4-6-11(15)7-5-10)9-17-14(18)12-3-2-8-16-12/h4-7,12-13,16H,2-3,8-9H2,1H3,(H,17,18). The van der Waals surface area contributed by atoms with Crippen LogP contribution >= 0.6 is 11.6 Å². The van der Waals surface area contributed by atoms with Crippen molar-refractivity contribution in [2.75, 3.05) is 20.2 Å². The Labute approximate surface area is 118 Å². The quantitative estimate of drug-likeness (QED) is 0.867. The lowest BCUT2D eigenvalue weighted by Gasteiger charge is -2.18. The van der Waals surface area contributed by atoms with Gasteiger partial charge in [-0.2, -0.15) is 0 Å². The van der Waals surface area contributed by atoms with Crippen LogP contribution < -0.4 is 10.6 Å². The van der Waals surface area contributed by atoms with Gasteiger partial charge in [0.2, 0.25) is 5.91 Å². The first kappa shape index (κ1) is 14.3. The molecule has 0 radical (unpaired) electrons. The molecule has 1 saturated heterocycles. The number of halogens is 1. The van der Waals surface area contributed by atoms with E-state index in [0.29, 0.717) is 11.6 Å². The maximum absolute atomic E-state index is 11.9. The summed E-state index contributed by atoms with van der Waals surface area (Å²) in [5.41, 5.74) is 1.01. The van der Waals surface area contributed by atoms with Gasteiger partial charge in [-0.25, -0.2) is 0 Å². The van der Waals surface area contributed by atoms with Gasteiger partial charge < -0.3 is 15.4 Å². The molecule has 104 valence electrons. The fourth-order valence-corrected chi connectivity index (χ4v) is 2.37. The number of rotatable bonds is 5. The molecule has 0 aliphatic carbocycles. The van der Waals surface area contributed by atoms with Crippen LogP contribution in [0.1, 0.15) is 24.5 Å². The lowest BCUT2D eigenvalue weighted by atomic mass is 10.1. The van der Waals surface area contributed by atoms with Gasteiger partial charge in [-0.15, -0.1) is 0 Å². The zero-order valence-electron chi connectivity index (χ0n) is 11.0. The van der Waals surface area contributed by atoms with Crippen molar-refractivity contribution in [3.63, 3.8) is 0 Å². The van der Waals surface area contributed by atoms with Gasteiger partial charge in [0.25, 0.3) is 0 Å². The summed E-state index contributed by atoms with van der Waals surface area (Å²) in [5, 5.41) is 6.80. The van der Waals surface area contributed by atoms with Gasteiger partial charge in [-0.05, 0) is 37.1 Å². The van der Waals surface area contributed by atoms with Gasteiger partial charge >= 0.3 is 0 Å². The van der Waals surface area contributed by atoms with Gasteiger partial charge in [0.15, 0.2) is 0 Å². The Kier molecular flexibility index (Phi) is 5.19. The normalized spacial score (nSPS) is 20.2. The van der Waals surface area contributed by atoms with Crippen molar-refractivity contribution in [2.45, 2.75) is 25.0 Å². The molecule has 1 fully saturated rings. The van der Waals surface area contributed by atoms with E-state index in [2.05, 4.69) is 10.6 Å². The first-order valence-corrected chi connectivity index (χ1v) is 6.88. The number of hydrogen-bond acceptors (Lipinski definition) is 3. The van der Waals surface area contributed by atoms with Crippen molar-refractivity contribution in [1.29, 1.82) is 0 Å². The molecule has 1 aromatic carbocycles. The molecule has 5 heteroatoms. The summed E-state index contributed by atoms with van der Waals surface area (Å²) in [6.45, 7) is 1.39. The van der Waals surface area contributed by atoms with Crippen molar-refractivity contribution in [3.8, 4) is 0 Å². The summed E-state index contributed by atoms with van der Waals surface area (Å²) in [6.07, 6.45) is 1.82. The zero-order valence-corrected chi connectivity index (χ0v) is 11.7. The smallest absolute Gasteiger partial charge is 0.237 e. The van der Waals surface area contributed by atoms with Gasteiger partial charge in [0.1, 0.15) is 0 Å². The SMILES string of the molecule is COC(CNC(=O)C1CCCN1)c1ccc(Cl)cc1. The maximum atomic E-state index is 11.9. The van der Waals surface area contributed by atoms with Crippen molar-refractivity contribution in [3.05, 3.63) is 34.9 Å². The third-order valence-electron chi connectivity index (χ3n) is 3.36. The predicted octanol–water partition coefficient (Wildman–Crippen LogP) is 1.90. The Morgan fingerprint density at radius 3 is 2.84 bits per heavy atom. The number of hydrogen-bond donors (Lipinski definition) is 2. The lowest BCUT2D eigenvalue weighted by Crippen LogP contribution is -2.42. The highest BCUT2D eigenvalue weighted by atomic mass is 35.5. The fourth-order valence-electron chi connectivity index (χ4n) is 2.24. The topological polar surface area (TPSA) is 50.4 Å². The molecule has 2 unspecified atom stereocenters. The summed E-state index contributed by atoms with van der Waals surface area (Å²) < 4.78 is 5.41. The van der Waals surface area contributed by atoms with E-state index < -0.39 is 0 Å². The molecule has 0 saturated carbocycles. The van der Waals surface area contributed by atoms with Gasteiger partial charge in [0.05, 0.1) is 12.1 Å². The largest absolute Gasteiger partial charge is 0.375 e. The van der Waals surface area contributed by atoms with Crippen LogP contribution in [0.5, 0.6) is 0 Å². The number of carbonyl (C=O) groups excluding carboxylic acids is 1. The van der Waals surface area contributed by atoms with Gasteiger partial charge in [-0.3, -0.25) is 4.79 Å². The number of nitrogens with one attached hydrogen (secondary N) is 2. The molecule has 0 spiro atoms. The Morgan fingerprint density at radius 1 is 1.53 bits per heavy atom. The van der Waals surface area contributed by atoms with E-state index in [1.54, 1.807) is 7.11 Å². The summed E-state index contributed by atoms with van der Waals surface area (Å²) in [4.78, 5) is 11.9. The van der Waals surface area contributed by atoms with Crippen molar-refractivity contribution in [2.24, 2.45) is 0 Å². The summed E-state index contributed by atoms with van der Waals surface area (Å²) in [6, 6.07) is 7.42.